The van der Waals surface area contributed by atoms with Gasteiger partial charge in [-0.1, -0.05) is 6.42 Å². The standard InChI is InChI=1S/C8H15NO3/c1-11-8(10)7-12-9-5-3-2-4-6-9/h2-7H2,1H3. The van der Waals surface area contributed by atoms with Gasteiger partial charge < -0.3 is 4.74 Å². The van der Waals surface area contributed by atoms with Crippen molar-refractivity contribution in [2.75, 3.05) is 26.8 Å². The molecule has 1 saturated heterocycles. The van der Waals surface area contributed by atoms with Crippen molar-refractivity contribution in [2.24, 2.45) is 0 Å². The first-order valence-electron chi connectivity index (χ1n) is 4.27. The monoisotopic (exact) mass is 173 g/mol. The number of carbonyl (C=O) groups is 1. The van der Waals surface area contributed by atoms with Crippen molar-refractivity contribution in [3.8, 4) is 0 Å². The molecule has 1 aliphatic rings. The fourth-order valence-corrected chi connectivity index (χ4v) is 1.20. The molecule has 0 unspecified atom stereocenters. The molecule has 0 spiro atoms. The van der Waals surface area contributed by atoms with E-state index in [0.717, 1.165) is 25.9 Å². The van der Waals surface area contributed by atoms with E-state index in [1.807, 2.05) is 5.06 Å². The normalized spacial score (nSPS) is 19.1. The average molecular weight is 173 g/mol. The summed E-state index contributed by atoms with van der Waals surface area (Å²) >= 11 is 0. The summed E-state index contributed by atoms with van der Waals surface area (Å²) in [5.74, 6) is -0.319. The summed E-state index contributed by atoms with van der Waals surface area (Å²) in [4.78, 5) is 15.9. The van der Waals surface area contributed by atoms with Gasteiger partial charge in [0.15, 0.2) is 6.61 Å². The third-order valence-electron chi connectivity index (χ3n) is 1.91. The molecule has 0 bridgehead atoms. The average Bonchev–Trinajstić information content (AvgIpc) is 2.16. The van der Waals surface area contributed by atoms with E-state index in [1.54, 1.807) is 0 Å². The summed E-state index contributed by atoms with van der Waals surface area (Å²) in [6.45, 7) is 1.89. The van der Waals surface area contributed by atoms with Crippen LogP contribution in [0, 0.1) is 0 Å². The van der Waals surface area contributed by atoms with Gasteiger partial charge in [0.1, 0.15) is 0 Å². The first kappa shape index (κ1) is 9.48. The van der Waals surface area contributed by atoms with Crippen LogP contribution in [0.25, 0.3) is 0 Å². The van der Waals surface area contributed by atoms with Gasteiger partial charge in [0.25, 0.3) is 0 Å². The number of nitrogens with zero attached hydrogens (tertiary/aromatic N) is 1. The number of ether oxygens (including phenoxy) is 1. The summed E-state index contributed by atoms with van der Waals surface area (Å²) in [7, 11) is 1.36. The highest BCUT2D eigenvalue weighted by molar-refractivity contribution is 5.70. The van der Waals surface area contributed by atoms with Crippen molar-refractivity contribution in [3.05, 3.63) is 0 Å². The summed E-state index contributed by atoms with van der Waals surface area (Å²) in [5, 5.41) is 1.83. The molecule has 4 heteroatoms. The van der Waals surface area contributed by atoms with Gasteiger partial charge in [-0.05, 0) is 12.8 Å². The molecule has 0 amide bonds. The molecular formula is C8H15NO3. The van der Waals surface area contributed by atoms with E-state index >= 15 is 0 Å². The maximum atomic E-state index is 10.7. The van der Waals surface area contributed by atoms with Crippen molar-refractivity contribution in [3.63, 3.8) is 0 Å². The molecule has 0 aromatic heterocycles. The Hall–Kier alpha value is -0.610. The van der Waals surface area contributed by atoms with E-state index < -0.39 is 0 Å². The van der Waals surface area contributed by atoms with E-state index in [2.05, 4.69) is 4.74 Å². The molecule has 0 aliphatic carbocycles. The Labute approximate surface area is 72.4 Å². The number of hydroxylamine groups is 2. The van der Waals surface area contributed by atoms with Crippen molar-refractivity contribution >= 4 is 5.97 Å². The van der Waals surface area contributed by atoms with Crippen molar-refractivity contribution < 1.29 is 14.4 Å². The molecule has 1 aliphatic heterocycles. The van der Waals surface area contributed by atoms with E-state index in [1.165, 1.54) is 13.5 Å². The smallest absolute Gasteiger partial charge is 0.333 e. The topological polar surface area (TPSA) is 38.8 Å². The molecule has 1 fully saturated rings. The predicted molar refractivity (Wildman–Crippen MR) is 43.4 cm³/mol. The molecule has 0 N–H and O–H groups in total. The number of esters is 1. The first-order chi connectivity index (χ1) is 5.83. The highest BCUT2D eigenvalue weighted by atomic mass is 16.7. The number of rotatable bonds is 3. The lowest BCUT2D eigenvalue weighted by Crippen LogP contribution is -2.32. The van der Waals surface area contributed by atoms with Crippen molar-refractivity contribution in [1.29, 1.82) is 0 Å². The maximum absolute atomic E-state index is 10.7. The zero-order chi connectivity index (χ0) is 8.81. The minimum Gasteiger partial charge on any atom is -0.467 e. The van der Waals surface area contributed by atoms with Crippen LogP contribution < -0.4 is 0 Å². The van der Waals surface area contributed by atoms with E-state index in [0.29, 0.717) is 0 Å². The molecular weight excluding hydrogens is 158 g/mol. The molecule has 0 atom stereocenters. The lowest BCUT2D eigenvalue weighted by Gasteiger charge is -2.24. The minimum absolute atomic E-state index is 0.0382. The zero-order valence-corrected chi connectivity index (χ0v) is 7.41. The summed E-state index contributed by atoms with van der Waals surface area (Å²) in [6, 6.07) is 0. The van der Waals surface area contributed by atoms with Crippen molar-refractivity contribution in [2.45, 2.75) is 19.3 Å². The number of carbonyl (C=O) groups excluding carboxylic acids is 1. The number of hydrogen-bond acceptors (Lipinski definition) is 4. The highest BCUT2D eigenvalue weighted by Crippen LogP contribution is 2.08. The molecule has 0 aromatic rings. The van der Waals surface area contributed by atoms with Crippen LogP contribution in [0.2, 0.25) is 0 Å². The van der Waals surface area contributed by atoms with Crippen LogP contribution >= 0.6 is 0 Å². The Morgan fingerprint density at radius 1 is 1.33 bits per heavy atom. The number of hydrogen-bond donors (Lipinski definition) is 0. The van der Waals surface area contributed by atoms with Gasteiger partial charge in [0.2, 0.25) is 0 Å². The number of methoxy groups -OCH3 is 1. The third-order valence-corrected chi connectivity index (χ3v) is 1.91. The van der Waals surface area contributed by atoms with E-state index in [9.17, 15) is 4.79 Å². The predicted octanol–water partition coefficient (Wildman–Crippen LogP) is 0.577. The Balaban J connectivity index is 2.09. The second kappa shape index (κ2) is 5.11. The minimum atomic E-state index is -0.319. The largest absolute Gasteiger partial charge is 0.467 e. The third kappa shape index (κ3) is 3.19. The van der Waals surface area contributed by atoms with Crippen LogP contribution in [0.5, 0.6) is 0 Å². The zero-order valence-electron chi connectivity index (χ0n) is 7.41. The fourth-order valence-electron chi connectivity index (χ4n) is 1.20. The van der Waals surface area contributed by atoms with Crippen molar-refractivity contribution in [1.82, 2.24) is 5.06 Å². The number of piperidine rings is 1. The lowest BCUT2D eigenvalue weighted by atomic mass is 10.2. The van der Waals surface area contributed by atoms with E-state index in [-0.39, 0.29) is 12.6 Å². The van der Waals surface area contributed by atoms with Gasteiger partial charge in [0.05, 0.1) is 7.11 Å². The van der Waals surface area contributed by atoms with Gasteiger partial charge in [-0.15, -0.1) is 0 Å². The molecule has 70 valence electrons. The SMILES string of the molecule is COC(=O)CON1CCCCC1. The van der Waals surface area contributed by atoms with Crippen LogP contribution in [-0.4, -0.2) is 37.8 Å². The Morgan fingerprint density at radius 3 is 2.58 bits per heavy atom. The molecule has 4 nitrogen and oxygen atoms in total. The summed E-state index contributed by atoms with van der Waals surface area (Å²) in [6.07, 6.45) is 3.57. The maximum Gasteiger partial charge on any atom is 0.333 e. The molecule has 1 heterocycles. The van der Waals surface area contributed by atoms with Gasteiger partial charge in [-0.25, -0.2) is 4.79 Å². The van der Waals surface area contributed by atoms with Crippen LogP contribution in [-0.2, 0) is 14.4 Å². The summed E-state index contributed by atoms with van der Waals surface area (Å²) < 4.78 is 4.45. The highest BCUT2D eigenvalue weighted by Gasteiger charge is 2.11. The quantitative estimate of drug-likeness (QED) is 0.585. The van der Waals surface area contributed by atoms with E-state index in [4.69, 9.17) is 4.84 Å². The molecule has 0 radical (unpaired) electrons. The van der Waals surface area contributed by atoms with Crippen LogP contribution in [0.4, 0.5) is 0 Å². The van der Waals surface area contributed by atoms with Gasteiger partial charge in [0, 0.05) is 13.1 Å². The first-order valence-corrected chi connectivity index (χ1v) is 4.27. The molecule has 0 saturated carbocycles. The second-order valence-corrected chi connectivity index (χ2v) is 2.84. The van der Waals surface area contributed by atoms with Gasteiger partial charge in [-0.3, -0.25) is 4.84 Å². The Kier molecular flexibility index (Phi) is 4.04. The van der Waals surface area contributed by atoms with Gasteiger partial charge in [-0.2, -0.15) is 5.06 Å². The fraction of sp³-hybridized carbons (Fsp3) is 0.875. The van der Waals surface area contributed by atoms with Crippen LogP contribution in [0.1, 0.15) is 19.3 Å². The molecule has 0 aromatic carbocycles. The van der Waals surface area contributed by atoms with Crippen LogP contribution in [0.15, 0.2) is 0 Å². The Morgan fingerprint density at radius 2 is 2.00 bits per heavy atom. The van der Waals surface area contributed by atoms with Gasteiger partial charge >= 0.3 is 5.97 Å². The molecule has 1 rings (SSSR count). The lowest BCUT2D eigenvalue weighted by molar-refractivity contribution is -0.188. The van der Waals surface area contributed by atoms with Crippen LogP contribution in [0.3, 0.4) is 0 Å². The Bertz CT molecular complexity index is 143. The second-order valence-electron chi connectivity index (χ2n) is 2.84. The molecule has 12 heavy (non-hydrogen) atoms. The summed E-state index contributed by atoms with van der Waals surface area (Å²) in [5.41, 5.74) is 0.